The summed E-state index contributed by atoms with van der Waals surface area (Å²) in [4.78, 5) is 4.48. The van der Waals surface area contributed by atoms with Crippen molar-refractivity contribution in [3.05, 3.63) is 76.2 Å². The van der Waals surface area contributed by atoms with Crippen molar-refractivity contribution in [1.29, 1.82) is 0 Å². The van der Waals surface area contributed by atoms with E-state index in [4.69, 9.17) is 9.47 Å². The molecule has 15 heteroatoms. The van der Waals surface area contributed by atoms with Crippen molar-refractivity contribution < 1.29 is 40.2 Å². The van der Waals surface area contributed by atoms with Gasteiger partial charge in [-0.25, -0.2) is 4.39 Å². The first kappa shape index (κ1) is 32.3. The normalized spacial score (nSPS) is 24.9. The molecule has 2 saturated heterocycles. The van der Waals surface area contributed by atoms with Crippen LogP contribution in [0.4, 0.5) is 36.6 Å². The van der Waals surface area contributed by atoms with E-state index in [-0.39, 0.29) is 22.7 Å². The molecule has 0 saturated carbocycles. The van der Waals surface area contributed by atoms with Crippen LogP contribution in [0.1, 0.15) is 47.0 Å². The fourth-order valence-electron chi connectivity index (χ4n) is 5.83. The molecule has 0 spiro atoms. The summed E-state index contributed by atoms with van der Waals surface area (Å²) in [6.07, 6.45) is -12.4. The molecule has 2 fully saturated rings. The number of aromatic nitrogens is 3. The molecule has 0 bridgehead atoms. The molecule has 1 unspecified atom stereocenters. The zero-order valence-electron chi connectivity index (χ0n) is 24.4. The molecule has 2 aliphatic heterocycles. The minimum atomic E-state index is -5.00. The van der Waals surface area contributed by atoms with E-state index in [2.05, 4.69) is 32.3 Å². The molecule has 3 heterocycles. The topological polar surface area (TPSA) is 66.5 Å². The van der Waals surface area contributed by atoms with Gasteiger partial charge < -0.3 is 14.4 Å². The smallest absolute Gasteiger partial charge is 0.341 e. The van der Waals surface area contributed by atoms with E-state index in [0.29, 0.717) is 42.3 Å². The fraction of sp³-hybridized carbons (Fsp3) is 0.517. The second-order valence-corrected chi connectivity index (χ2v) is 11.5. The minimum Gasteiger partial charge on any atom is -0.341 e. The number of likely N-dealkylation sites (N-methyl/N-ethyl adjacent to an activating group) is 2. The monoisotopic (exact) mass is 631 g/mol. The lowest BCUT2D eigenvalue weighted by Gasteiger charge is -2.46. The number of morpholine rings is 1. The molecule has 1 N–H and O–H groups in total. The lowest BCUT2D eigenvalue weighted by molar-refractivity contribution is -0.224. The average Bonchev–Trinajstić information content (AvgIpc) is 3.43. The third-order valence-electron chi connectivity index (χ3n) is 8.39. The lowest BCUT2D eigenvalue weighted by Crippen LogP contribution is -2.60. The Labute approximate surface area is 249 Å². The number of nitrogens with one attached hydrogen (secondary N) is 1. The summed E-state index contributed by atoms with van der Waals surface area (Å²) in [5, 5.41) is 11.6. The van der Waals surface area contributed by atoms with Crippen molar-refractivity contribution in [2.45, 2.75) is 44.3 Å². The van der Waals surface area contributed by atoms with Gasteiger partial charge in [-0.1, -0.05) is 5.10 Å². The number of rotatable bonds is 7. The molecule has 8 nitrogen and oxygen atoms in total. The van der Waals surface area contributed by atoms with Crippen LogP contribution in [0, 0.1) is 5.82 Å². The Hall–Kier alpha value is -3.11. The zero-order chi connectivity index (χ0) is 31.9. The summed E-state index contributed by atoms with van der Waals surface area (Å²) >= 11 is 0. The number of hydrogen-bond acceptors (Lipinski definition) is 6. The van der Waals surface area contributed by atoms with Crippen molar-refractivity contribution in [3.63, 3.8) is 0 Å². The summed E-state index contributed by atoms with van der Waals surface area (Å²) in [6, 6.07) is 6.30. The third-order valence-corrected chi connectivity index (χ3v) is 8.39. The summed E-state index contributed by atoms with van der Waals surface area (Å²) < 4.78 is 108. The molecule has 2 aromatic carbocycles. The predicted octanol–water partition coefficient (Wildman–Crippen LogP) is 5.54. The minimum absolute atomic E-state index is 0.0784. The molecule has 5 rings (SSSR count). The maximum absolute atomic E-state index is 14.0. The first-order valence-corrected chi connectivity index (χ1v) is 14.1. The van der Waals surface area contributed by atoms with Crippen LogP contribution in [0.25, 0.3) is 0 Å². The molecule has 0 aliphatic carbocycles. The van der Waals surface area contributed by atoms with E-state index >= 15 is 0 Å². The van der Waals surface area contributed by atoms with Crippen molar-refractivity contribution in [1.82, 2.24) is 29.7 Å². The number of nitrogens with zero attached hydrogens (tertiary/aromatic N) is 5. The van der Waals surface area contributed by atoms with Gasteiger partial charge >= 0.3 is 12.4 Å². The number of aromatic amines is 1. The molecule has 4 atom stereocenters. The summed E-state index contributed by atoms with van der Waals surface area (Å²) in [6.45, 7) is 5.86. The number of alkyl halides is 6. The quantitative estimate of drug-likeness (QED) is 0.273. The number of quaternary nitrogens is 1. The lowest BCUT2D eigenvalue weighted by atomic mass is 9.99. The number of halogens is 7. The molecule has 0 radical (unpaired) electrons. The van der Waals surface area contributed by atoms with Crippen molar-refractivity contribution in [3.8, 4) is 0 Å². The first-order valence-electron chi connectivity index (χ1n) is 14.1. The number of benzene rings is 2. The van der Waals surface area contributed by atoms with Crippen molar-refractivity contribution in [2.24, 2.45) is 0 Å². The van der Waals surface area contributed by atoms with Gasteiger partial charge in [0.15, 0.2) is 11.7 Å². The zero-order valence-corrected chi connectivity index (χ0v) is 24.4. The maximum Gasteiger partial charge on any atom is 0.416 e. The van der Waals surface area contributed by atoms with Gasteiger partial charge in [0.25, 0.3) is 5.82 Å². The molecular weight excluding hydrogens is 597 g/mol. The van der Waals surface area contributed by atoms with E-state index < -0.39 is 47.7 Å². The van der Waals surface area contributed by atoms with Crippen LogP contribution in [-0.2, 0) is 28.4 Å². The molecule has 1 aromatic heterocycles. The van der Waals surface area contributed by atoms with Gasteiger partial charge in [-0.15, -0.1) is 0 Å². The molecular formula is C29H34F7N6O2+. The van der Waals surface area contributed by atoms with Gasteiger partial charge in [0.05, 0.1) is 37.4 Å². The Morgan fingerprint density at radius 2 is 1.59 bits per heavy atom. The number of hydrogen-bond donors (Lipinski definition) is 1. The highest BCUT2D eigenvalue weighted by atomic mass is 19.4. The third kappa shape index (κ3) is 6.91. The highest BCUT2D eigenvalue weighted by Crippen LogP contribution is 2.43. The number of piperazine rings is 1. The molecule has 44 heavy (non-hydrogen) atoms. The van der Waals surface area contributed by atoms with Gasteiger partial charge in [0, 0.05) is 31.7 Å². The van der Waals surface area contributed by atoms with E-state index in [1.54, 1.807) is 12.1 Å². The van der Waals surface area contributed by atoms with Crippen molar-refractivity contribution in [2.75, 3.05) is 53.4 Å². The maximum atomic E-state index is 14.0. The first-order chi connectivity index (χ1) is 20.6. The van der Waals surface area contributed by atoms with E-state index in [1.165, 1.54) is 19.1 Å². The van der Waals surface area contributed by atoms with Crippen LogP contribution in [0.5, 0.6) is 0 Å². The van der Waals surface area contributed by atoms with E-state index in [9.17, 15) is 30.7 Å². The SMILES string of the molecule is C[C@@H](O[C@H]1OCC[N+](C)(c2n[nH]nc2CN2CCN(C)CC2)[C@H]1c1ccc(F)cc1)c1cc(C(F)(F)F)cc(C(F)(F)F)c1. The van der Waals surface area contributed by atoms with Crippen LogP contribution in [0.2, 0.25) is 0 Å². The molecule has 3 aromatic rings. The highest BCUT2D eigenvalue weighted by molar-refractivity contribution is 5.42. The molecule has 0 amide bonds. The highest BCUT2D eigenvalue weighted by Gasteiger charge is 2.50. The van der Waals surface area contributed by atoms with Crippen LogP contribution in [0.15, 0.2) is 42.5 Å². The predicted molar refractivity (Wildman–Crippen MR) is 147 cm³/mol. The van der Waals surface area contributed by atoms with Gasteiger partial charge in [0.2, 0.25) is 6.29 Å². The molecule has 2 aliphatic rings. The van der Waals surface area contributed by atoms with Crippen LogP contribution < -0.4 is 4.48 Å². The summed E-state index contributed by atoms with van der Waals surface area (Å²) in [5.41, 5.74) is -1.92. The van der Waals surface area contributed by atoms with Crippen LogP contribution >= 0.6 is 0 Å². The van der Waals surface area contributed by atoms with Crippen molar-refractivity contribution >= 4 is 5.82 Å². The van der Waals surface area contributed by atoms with E-state index in [1.807, 2.05) is 7.05 Å². The standard InChI is InChI=1S/C29H34F7N6O2/c1-18(20-14-21(28(31,32)33)16-22(15-20)29(34,35)36)44-27-25(19-4-6-23(30)7-5-19)42(3,12-13-43-27)26-24(37-39-38-26)17-41-10-8-40(2)9-11-41/h4-7,14-16,18,25,27H,8-13,17H2,1-3H3,(H,37,38,39)/q+1/t18-,25+,27-,42?/m1/s1. The Morgan fingerprint density at radius 1 is 0.977 bits per heavy atom. The Kier molecular flexibility index (Phi) is 9.06. The fourth-order valence-corrected chi connectivity index (χ4v) is 5.83. The van der Waals surface area contributed by atoms with Crippen LogP contribution in [-0.4, -0.2) is 84.9 Å². The summed E-state index contributed by atoms with van der Waals surface area (Å²) in [5.74, 6) is 0.104. The van der Waals surface area contributed by atoms with Crippen LogP contribution in [0.3, 0.4) is 0 Å². The van der Waals surface area contributed by atoms with Gasteiger partial charge in [0.1, 0.15) is 12.4 Å². The summed E-state index contributed by atoms with van der Waals surface area (Å²) in [7, 11) is 3.94. The second kappa shape index (κ2) is 12.4. The average molecular weight is 632 g/mol. The van der Waals surface area contributed by atoms with Gasteiger partial charge in [-0.05, 0) is 62.0 Å². The second-order valence-electron chi connectivity index (χ2n) is 11.5. The Balaban J connectivity index is 1.50. The van der Waals surface area contributed by atoms with Gasteiger partial charge in [-0.3, -0.25) is 9.38 Å². The largest absolute Gasteiger partial charge is 0.416 e. The Morgan fingerprint density at radius 3 is 2.18 bits per heavy atom. The number of ether oxygens (including phenoxy) is 2. The Bertz CT molecular complexity index is 1390. The molecule has 240 valence electrons. The van der Waals surface area contributed by atoms with E-state index in [0.717, 1.165) is 26.2 Å². The van der Waals surface area contributed by atoms with Gasteiger partial charge in [-0.2, -0.15) is 36.7 Å². The number of H-pyrrole nitrogens is 1.